The maximum atomic E-state index is 12.2. The summed E-state index contributed by atoms with van der Waals surface area (Å²) in [6.45, 7) is 3.85. The fourth-order valence-corrected chi connectivity index (χ4v) is 2.17. The Morgan fingerprint density at radius 3 is 2.52 bits per heavy atom. The number of phenols is 1. The number of benzene rings is 2. The Bertz CT molecular complexity index is 698. The first-order valence-electron chi connectivity index (χ1n) is 6.45. The Hall–Kier alpha value is -2.40. The third-order valence-corrected chi connectivity index (χ3v) is 3.21. The van der Waals surface area contributed by atoms with E-state index >= 15 is 0 Å². The molecule has 1 amide bonds. The van der Waals surface area contributed by atoms with Crippen LogP contribution in [-0.4, -0.2) is 16.1 Å². The fraction of sp³-hybridized carbons (Fsp3) is 0.125. The van der Waals surface area contributed by atoms with E-state index < -0.39 is 0 Å². The van der Waals surface area contributed by atoms with Gasteiger partial charge in [-0.1, -0.05) is 29.8 Å². The SMILES string of the molecule is Cc1ccc(C(=O)NC(=S)Nc2ccccc2O)c(C)c1. The van der Waals surface area contributed by atoms with Crippen LogP contribution in [0.4, 0.5) is 5.69 Å². The molecular weight excluding hydrogens is 284 g/mol. The van der Waals surface area contributed by atoms with Gasteiger partial charge in [0.05, 0.1) is 5.69 Å². The normalized spacial score (nSPS) is 10.0. The molecule has 0 saturated carbocycles. The number of aromatic hydroxyl groups is 1. The van der Waals surface area contributed by atoms with Crippen LogP contribution in [-0.2, 0) is 0 Å². The van der Waals surface area contributed by atoms with Gasteiger partial charge in [-0.15, -0.1) is 0 Å². The van der Waals surface area contributed by atoms with Crippen LogP contribution in [0, 0.1) is 13.8 Å². The van der Waals surface area contributed by atoms with Crippen molar-refractivity contribution in [2.45, 2.75) is 13.8 Å². The second kappa shape index (κ2) is 6.37. The molecule has 0 spiro atoms. The Morgan fingerprint density at radius 2 is 1.86 bits per heavy atom. The predicted molar refractivity (Wildman–Crippen MR) is 87.7 cm³/mol. The van der Waals surface area contributed by atoms with Crippen LogP contribution in [0.3, 0.4) is 0 Å². The zero-order chi connectivity index (χ0) is 15.4. The van der Waals surface area contributed by atoms with E-state index in [1.54, 1.807) is 24.3 Å². The van der Waals surface area contributed by atoms with Crippen LogP contribution in [0.5, 0.6) is 5.75 Å². The minimum absolute atomic E-state index is 0.0700. The molecule has 21 heavy (non-hydrogen) atoms. The molecular formula is C16H16N2O2S. The number of rotatable bonds is 2. The zero-order valence-corrected chi connectivity index (χ0v) is 12.6. The van der Waals surface area contributed by atoms with E-state index in [0.29, 0.717) is 11.3 Å². The summed E-state index contributed by atoms with van der Waals surface area (Å²) >= 11 is 5.09. The topological polar surface area (TPSA) is 61.4 Å². The van der Waals surface area contributed by atoms with Crippen molar-refractivity contribution in [3.63, 3.8) is 0 Å². The smallest absolute Gasteiger partial charge is 0.257 e. The highest BCUT2D eigenvalue weighted by Gasteiger charge is 2.11. The van der Waals surface area contributed by atoms with E-state index in [-0.39, 0.29) is 16.8 Å². The monoisotopic (exact) mass is 300 g/mol. The molecule has 0 bridgehead atoms. The van der Waals surface area contributed by atoms with Gasteiger partial charge in [0.2, 0.25) is 0 Å². The number of anilines is 1. The lowest BCUT2D eigenvalue weighted by Gasteiger charge is -2.12. The summed E-state index contributed by atoms with van der Waals surface area (Å²) in [5, 5.41) is 15.2. The quantitative estimate of drug-likeness (QED) is 0.589. The van der Waals surface area contributed by atoms with Gasteiger partial charge in [-0.3, -0.25) is 10.1 Å². The van der Waals surface area contributed by atoms with Crippen molar-refractivity contribution in [2.24, 2.45) is 0 Å². The van der Waals surface area contributed by atoms with Crippen molar-refractivity contribution < 1.29 is 9.90 Å². The molecule has 0 saturated heterocycles. The number of thiocarbonyl (C=S) groups is 1. The van der Waals surface area contributed by atoms with Crippen molar-refractivity contribution >= 4 is 28.9 Å². The highest BCUT2D eigenvalue weighted by molar-refractivity contribution is 7.80. The molecule has 2 aromatic carbocycles. The van der Waals surface area contributed by atoms with Gasteiger partial charge in [0.25, 0.3) is 5.91 Å². The summed E-state index contributed by atoms with van der Waals surface area (Å²) in [5.74, 6) is -0.207. The van der Waals surface area contributed by atoms with Crippen molar-refractivity contribution in [3.8, 4) is 5.75 Å². The standard InChI is InChI=1S/C16H16N2O2S/c1-10-7-8-12(11(2)9-10)15(20)18-16(21)17-13-5-3-4-6-14(13)19/h3-9,19H,1-2H3,(H2,17,18,20,21). The van der Waals surface area contributed by atoms with Crippen molar-refractivity contribution in [2.75, 3.05) is 5.32 Å². The van der Waals surface area contributed by atoms with Gasteiger partial charge in [0, 0.05) is 5.56 Å². The Kier molecular flexibility index (Phi) is 4.55. The van der Waals surface area contributed by atoms with Crippen LogP contribution in [0.15, 0.2) is 42.5 Å². The van der Waals surface area contributed by atoms with Gasteiger partial charge >= 0.3 is 0 Å². The predicted octanol–water partition coefficient (Wildman–Crippen LogP) is 3.14. The third-order valence-electron chi connectivity index (χ3n) is 3.01. The summed E-state index contributed by atoms with van der Waals surface area (Å²) in [7, 11) is 0. The van der Waals surface area contributed by atoms with Gasteiger partial charge in [-0.2, -0.15) is 0 Å². The lowest BCUT2D eigenvalue weighted by molar-refractivity contribution is 0.0977. The minimum atomic E-state index is -0.277. The van der Waals surface area contributed by atoms with Crippen LogP contribution in [0.1, 0.15) is 21.5 Å². The van der Waals surface area contributed by atoms with E-state index in [9.17, 15) is 9.90 Å². The number of amides is 1. The summed E-state index contributed by atoms with van der Waals surface area (Å²) in [6.07, 6.45) is 0. The molecule has 2 aromatic rings. The Labute approximate surface area is 128 Å². The van der Waals surface area contributed by atoms with Gasteiger partial charge in [0.15, 0.2) is 5.11 Å². The molecule has 0 heterocycles. The van der Waals surface area contributed by atoms with Gasteiger partial charge < -0.3 is 10.4 Å². The molecule has 2 rings (SSSR count). The first-order chi connectivity index (χ1) is 9.97. The van der Waals surface area contributed by atoms with Gasteiger partial charge in [0.1, 0.15) is 5.75 Å². The summed E-state index contributed by atoms with van der Waals surface area (Å²) in [5.41, 5.74) is 3.00. The van der Waals surface area contributed by atoms with E-state index in [1.165, 1.54) is 6.07 Å². The van der Waals surface area contributed by atoms with Crippen LogP contribution >= 0.6 is 12.2 Å². The molecule has 0 aliphatic heterocycles. The van der Waals surface area contributed by atoms with Gasteiger partial charge in [-0.25, -0.2) is 0 Å². The number of carbonyl (C=O) groups is 1. The first-order valence-corrected chi connectivity index (χ1v) is 6.86. The molecule has 4 nitrogen and oxygen atoms in total. The molecule has 0 unspecified atom stereocenters. The average molecular weight is 300 g/mol. The molecule has 0 aliphatic rings. The van der Waals surface area contributed by atoms with E-state index in [2.05, 4.69) is 10.6 Å². The zero-order valence-electron chi connectivity index (χ0n) is 11.8. The fourth-order valence-electron chi connectivity index (χ4n) is 1.97. The molecule has 0 aliphatic carbocycles. The molecule has 0 atom stereocenters. The molecule has 0 radical (unpaired) electrons. The van der Waals surface area contributed by atoms with Crippen molar-refractivity contribution in [3.05, 3.63) is 59.2 Å². The Balaban J connectivity index is 2.06. The minimum Gasteiger partial charge on any atom is -0.506 e. The van der Waals surface area contributed by atoms with Crippen LogP contribution in [0.25, 0.3) is 0 Å². The van der Waals surface area contributed by atoms with Crippen LogP contribution in [0.2, 0.25) is 0 Å². The number of hydrogen-bond donors (Lipinski definition) is 3. The number of para-hydroxylation sites is 2. The number of hydrogen-bond acceptors (Lipinski definition) is 3. The number of aryl methyl sites for hydroxylation is 2. The highest BCUT2D eigenvalue weighted by atomic mass is 32.1. The largest absolute Gasteiger partial charge is 0.506 e. The van der Waals surface area contributed by atoms with Crippen molar-refractivity contribution in [1.29, 1.82) is 0 Å². The number of phenolic OH excluding ortho intramolecular Hbond substituents is 1. The second-order valence-corrected chi connectivity index (χ2v) is 5.15. The lowest BCUT2D eigenvalue weighted by Crippen LogP contribution is -2.34. The lowest BCUT2D eigenvalue weighted by atomic mass is 10.1. The first kappa shape index (κ1) is 15.0. The Morgan fingerprint density at radius 1 is 1.14 bits per heavy atom. The van der Waals surface area contributed by atoms with Gasteiger partial charge in [-0.05, 0) is 49.8 Å². The molecule has 3 N–H and O–H groups in total. The number of carbonyl (C=O) groups excluding carboxylic acids is 1. The maximum absolute atomic E-state index is 12.2. The van der Waals surface area contributed by atoms with E-state index in [1.807, 2.05) is 26.0 Å². The van der Waals surface area contributed by atoms with Crippen LogP contribution < -0.4 is 10.6 Å². The molecule has 108 valence electrons. The summed E-state index contributed by atoms with van der Waals surface area (Å²) in [4.78, 5) is 12.2. The van der Waals surface area contributed by atoms with Crippen molar-refractivity contribution in [1.82, 2.24) is 5.32 Å². The average Bonchev–Trinajstić information content (AvgIpc) is 2.41. The summed E-state index contributed by atoms with van der Waals surface area (Å²) in [6, 6.07) is 12.3. The second-order valence-electron chi connectivity index (χ2n) is 4.74. The highest BCUT2D eigenvalue weighted by Crippen LogP contribution is 2.21. The maximum Gasteiger partial charge on any atom is 0.257 e. The molecule has 0 fully saturated rings. The third kappa shape index (κ3) is 3.79. The summed E-state index contributed by atoms with van der Waals surface area (Å²) < 4.78 is 0. The van der Waals surface area contributed by atoms with E-state index in [4.69, 9.17) is 12.2 Å². The molecule has 0 aromatic heterocycles. The van der Waals surface area contributed by atoms with E-state index in [0.717, 1.165) is 11.1 Å². The molecule has 5 heteroatoms. The number of nitrogens with one attached hydrogen (secondary N) is 2.